The first-order valence-electron chi connectivity index (χ1n) is 6.21. The topological polar surface area (TPSA) is 99.0 Å². The second-order valence-electron chi connectivity index (χ2n) is 4.33. The third kappa shape index (κ3) is 4.48. The van der Waals surface area contributed by atoms with Gasteiger partial charge in [0.25, 0.3) is 0 Å². The summed E-state index contributed by atoms with van der Waals surface area (Å²) in [6.45, 7) is 3.84. The van der Waals surface area contributed by atoms with E-state index in [2.05, 4.69) is 20.8 Å². The van der Waals surface area contributed by atoms with Gasteiger partial charge in [-0.1, -0.05) is 32.0 Å². The minimum absolute atomic E-state index is 0.00731. The zero-order valence-corrected chi connectivity index (χ0v) is 12.8. The molecule has 1 N–H and O–H groups in total. The molecule has 1 aromatic heterocycles. The molecule has 8 nitrogen and oxygen atoms in total. The standard InChI is InChI=1S/C11H19N5O3S/c1-5-7(2)9(10(18)19-4)12-8(17)6-20-11-13-14-15-16(11)3/h7,9H,5-6H2,1-4H3,(H,12,17)/t7-,9-/m1/s1. The molecule has 0 aliphatic rings. The van der Waals surface area contributed by atoms with E-state index in [-0.39, 0.29) is 17.6 Å². The molecule has 0 saturated heterocycles. The van der Waals surface area contributed by atoms with Crippen LogP contribution in [0.5, 0.6) is 0 Å². The summed E-state index contributed by atoms with van der Waals surface area (Å²) >= 11 is 1.21. The number of amides is 1. The number of esters is 1. The number of methoxy groups -OCH3 is 1. The van der Waals surface area contributed by atoms with Crippen LogP contribution in [0.2, 0.25) is 0 Å². The zero-order chi connectivity index (χ0) is 15.1. The van der Waals surface area contributed by atoms with Crippen LogP contribution in [-0.2, 0) is 21.4 Å². The van der Waals surface area contributed by atoms with Crippen molar-refractivity contribution in [3.8, 4) is 0 Å². The summed E-state index contributed by atoms with van der Waals surface area (Å²) in [6, 6.07) is -0.629. The molecule has 2 atom stereocenters. The summed E-state index contributed by atoms with van der Waals surface area (Å²) in [5.41, 5.74) is 0. The van der Waals surface area contributed by atoms with Gasteiger partial charge >= 0.3 is 5.97 Å². The SMILES string of the molecule is CC[C@@H](C)[C@@H](NC(=O)CSc1nnnn1C)C(=O)OC. The van der Waals surface area contributed by atoms with Crippen LogP contribution in [-0.4, -0.2) is 51.0 Å². The van der Waals surface area contributed by atoms with Crippen LogP contribution in [0, 0.1) is 5.92 Å². The molecule has 1 rings (SSSR count). The van der Waals surface area contributed by atoms with Crippen molar-refractivity contribution in [1.29, 1.82) is 0 Å². The van der Waals surface area contributed by atoms with Gasteiger partial charge in [0, 0.05) is 7.05 Å². The summed E-state index contributed by atoms with van der Waals surface area (Å²) in [4.78, 5) is 23.5. The van der Waals surface area contributed by atoms with Crippen LogP contribution in [0.15, 0.2) is 5.16 Å². The molecule has 0 saturated carbocycles. The van der Waals surface area contributed by atoms with E-state index in [0.29, 0.717) is 5.16 Å². The molecule has 0 aliphatic carbocycles. The maximum atomic E-state index is 11.9. The molecule has 0 unspecified atom stereocenters. The molecule has 112 valence electrons. The lowest BCUT2D eigenvalue weighted by molar-refractivity contribution is -0.146. The highest BCUT2D eigenvalue weighted by atomic mass is 32.2. The molecular weight excluding hydrogens is 282 g/mol. The second kappa shape index (κ2) is 7.83. The van der Waals surface area contributed by atoms with Gasteiger partial charge < -0.3 is 10.1 Å². The Morgan fingerprint density at radius 2 is 2.20 bits per heavy atom. The molecule has 0 fully saturated rings. The number of hydrogen-bond acceptors (Lipinski definition) is 7. The molecule has 1 amide bonds. The fraction of sp³-hybridized carbons (Fsp3) is 0.727. The number of nitrogens with zero attached hydrogens (tertiary/aromatic N) is 4. The Morgan fingerprint density at radius 1 is 1.50 bits per heavy atom. The number of aryl methyl sites for hydroxylation is 1. The highest BCUT2D eigenvalue weighted by Crippen LogP contribution is 2.13. The van der Waals surface area contributed by atoms with Crippen molar-refractivity contribution in [2.24, 2.45) is 13.0 Å². The highest BCUT2D eigenvalue weighted by molar-refractivity contribution is 7.99. The molecule has 0 spiro atoms. The minimum atomic E-state index is -0.629. The van der Waals surface area contributed by atoms with E-state index in [1.165, 1.54) is 23.6 Å². The van der Waals surface area contributed by atoms with Gasteiger partial charge in [0.05, 0.1) is 12.9 Å². The fourth-order valence-corrected chi connectivity index (χ4v) is 2.15. The van der Waals surface area contributed by atoms with E-state index in [0.717, 1.165) is 6.42 Å². The molecule has 9 heteroatoms. The number of ether oxygens (including phenoxy) is 1. The molecule has 0 bridgehead atoms. The Bertz CT molecular complexity index is 465. The van der Waals surface area contributed by atoms with Crippen molar-refractivity contribution in [3.05, 3.63) is 0 Å². The average Bonchev–Trinajstić information content (AvgIpc) is 2.86. The van der Waals surface area contributed by atoms with Gasteiger partial charge in [-0.05, 0) is 16.3 Å². The van der Waals surface area contributed by atoms with E-state index in [4.69, 9.17) is 4.74 Å². The van der Waals surface area contributed by atoms with Gasteiger partial charge in [-0.2, -0.15) is 0 Å². The number of thioether (sulfide) groups is 1. The number of rotatable bonds is 7. The van der Waals surface area contributed by atoms with Crippen molar-refractivity contribution in [2.45, 2.75) is 31.5 Å². The first-order valence-corrected chi connectivity index (χ1v) is 7.20. The molecule has 0 radical (unpaired) electrons. The fourth-order valence-electron chi connectivity index (χ4n) is 1.48. The number of tetrazole rings is 1. The number of carbonyl (C=O) groups is 2. The Hall–Kier alpha value is -1.64. The molecular formula is C11H19N5O3S. The van der Waals surface area contributed by atoms with E-state index in [1.54, 1.807) is 7.05 Å². The van der Waals surface area contributed by atoms with Crippen molar-refractivity contribution in [2.75, 3.05) is 12.9 Å². The Kier molecular flexibility index (Phi) is 6.43. The lowest BCUT2D eigenvalue weighted by atomic mass is 9.99. The summed E-state index contributed by atoms with van der Waals surface area (Å²) in [6.07, 6.45) is 0.764. The third-order valence-electron chi connectivity index (χ3n) is 2.90. The normalized spacial score (nSPS) is 13.6. The maximum Gasteiger partial charge on any atom is 0.328 e. The average molecular weight is 301 g/mol. The van der Waals surface area contributed by atoms with E-state index in [9.17, 15) is 9.59 Å². The largest absolute Gasteiger partial charge is 0.467 e. The lowest BCUT2D eigenvalue weighted by Crippen LogP contribution is -2.46. The maximum absolute atomic E-state index is 11.9. The number of aromatic nitrogens is 4. The van der Waals surface area contributed by atoms with Gasteiger partial charge in [-0.3, -0.25) is 4.79 Å². The quantitative estimate of drug-likeness (QED) is 0.559. The predicted octanol–water partition coefficient (Wildman–Crippen LogP) is 0.00610. The second-order valence-corrected chi connectivity index (χ2v) is 5.27. The Labute approximate surface area is 121 Å². The van der Waals surface area contributed by atoms with Gasteiger partial charge in [-0.15, -0.1) is 5.10 Å². The lowest BCUT2D eigenvalue weighted by Gasteiger charge is -2.21. The third-order valence-corrected chi connectivity index (χ3v) is 3.91. The molecule has 20 heavy (non-hydrogen) atoms. The van der Waals surface area contributed by atoms with Crippen LogP contribution in [0.1, 0.15) is 20.3 Å². The van der Waals surface area contributed by atoms with E-state index >= 15 is 0 Å². The number of carbonyl (C=O) groups excluding carboxylic acids is 2. The summed E-state index contributed by atoms with van der Waals surface area (Å²) in [5.74, 6) is -0.544. The molecule has 1 heterocycles. The number of hydrogen-bond donors (Lipinski definition) is 1. The smallest absolute Gasteiger partial charge is 0.328 e. The van der Waals surface area contributed by atoms with Crippen molar-refractivity contribution in [1.82, 2.24) is 25.5 Å². The van der Waals surface area contributed by atoms with E-state index in [1.807, 2.05) is 13.8 Å². The van der Waals surface area contributed by atoms with Crippen LogP contribution in [0.3, 0.4) is 0 Å². The van der Waals surface area contributed by atoms with Crippen LogP contribution in [0.4, 0.5) is 0 Å². The number of nitrogens with one attached hydrogen (secondary N) is 1. The van der Waals surface area contributed by atoms with Crippen LogP contribution in [0.25, 0.3) is 0 Å². The van der Waals surface area contributed by atoms with E-state index < -0.39 is 12.0 Å². The van der Waals surface area contributed by atoms with Gasteiger partial charge in [-0.25, -0.2) is 9.48 Å². The summed E-state index contributed by atoms with van der Waals surface area (Å²) in [7, 11) is 3.00. The predicted molar refractivity (Wildman–Crippen MR) is 72.9 cm³/mol. The molecule has 0 aromatic carbocycles. The van der Waals surface area contributed by atoms with Crippen molar-refractivity contribution >= 4 is 23.6 Å². The molecule has 0 aliphatic heterocycles. The monoisotopic (exact) mass is 301 g/mol. The first-order chi connectivity index (χ1) is 9.49. The zero-order valence-electron chi connectivity index (χ0n) is 12.0. The van der Waals surface area contributed by atoms with Gasteiger partial charge in [0.15, 0.2) is 0 Å². The first kappa shape index (κ1) is 16.4. The van der Waals surface area contributed by atoms with Crippen LogP contribution < -0.4 is 5.32 Å². The van der Waals surface area contributed by atoms with Gasteiger partial charge in [0.2, 0.25) is 11.1 Å². The highest BCUT2D eigenvalue weighted by Gasteiger charge is 2.26. The van der Waals surface area contributed by atoms with Gasteiger partial charge in [0.1, 0.15) is 6.04 Å². The summed E-state index contributed by atoms with van der Waals surface area (Å²) < 4.78 is 6.19. The van der Waals surface area contributed by atoms with Crippen LogP contribution >= 0.6 is 11.8 Å². The Balaban J connectivity index is 2.54. The Morgan fingerprint density at radius 3 is 2.70 bits per heavy atom. The van der Waals surface area contributed by atoms with Crippen molar-refractivity contribution < 1.29 is 14.3 Å². The van der Waals surface area contributed by atoms with Crippen molar-refractivity contribution in [3.63, 3.8) is 0 Å². The molecule has 1 aromatic rings. The summed E-state index contributed by atoms with van der Waals surface area (Å²) in [5, 5.41) is 14.1. The minimum Gasteiger partial charge on any atom is -0.467 e.